The first-order valence-corrected chi connectivity index (χ1v) is 7.76. The van der Waals surface area contributed by atoms with Gasteiger partial charge in [-0.25, -0.2) is 0 Å². The predicted octanol–water partition coefficient (Wildman–Crippen LogP) is 3.55. The number of benzene rings is 1. The monoisotopic (exact) mass is 276 g/mol. The predicted molar refractivity (Wildman–Crippen MR) is 89.5 cm³/mol. The standard InChI is InChI=1S/C18H32N2/c1-8-12-19-17(18(4,5)20(6)7)13-16-14(2)10-9-11-15(16)3/h9-11,17,19H,8,12-13H2,1-7H3. The average molecular weight is 276 g/mol. The molecule has 0 aliphatic heterocycles. The molecule has 0 spiro atoms. The van der Waals surface area contributed by atoms with Gasteiger partial charge < -0.3 is 10.2 Å². The van der Waals surface area contributed by atoms with E-state index in [4.69, 9.17) is 0 Å². The van der Waals surface area contributed by atoms with Crippen molar-refractivity contribution in [1.29, 1.82) is 0 Å². The molecule has 0 heterocycles. The van der Waals surface area contributed by atoms with Gasteiger partial charge in [0.05, 0.1) is 0 Å². The summed E-state index contributed by atoms with van der Waals surface area (Å²) >= 11 is 0. The quantitative estimate of drug-likeness (QED) is 0.819. The lowest BCUT2D eigenvalue weighted by Crippen LogP contribution is -2.56. The van der Waals surface area contributed by atoms with Gasteiger partial charge in [-0.05, 0) is 77.9 Å². The van der Waals surface area contributed by atoms with Gasteiger partial charge in [-0.3, -0.25) is 0 Å². The van der Waals surface area contributed by atoms with Crippen LogP contribution in [-0.4, -0.2) is 37.1 Å². The Labute approximate surface area is 125 Å². The minimum atomic E-state index is 0.129. The van der Waals surface area contributed by atoms with E-state index in [0.717, 1.165) is 13.0 Å². The first kappa shape index (κ1) is 17.2. The zero-order valence-electron chi connectivity index (χ0n) is 14.4. The van der Waals surface area contributed by atoms with E-state index in [1.165, 1.54) is 23.1 Å². The third-order valence-corrected chi connectivity index (χ3v) is 4.70. The third-order valence-electron chi connectivity index (χ3n) is 4.70. The van der Waals surface area contributed by atoms with Crippen molar-refractivity contribution in [3.63, 3.8) is 0 Å². The number of hydrogen-bond acceptors (Lipinski definition) is 2. The Morgan fingerprint density at radius 3 is 2.15 bits per heavy atom. The zero-order chi connectivity index (χ0) is 15.3. The second-order valence-electron chi connectivity index (χ2n) is 6.63. The molecule has 20 heavy (non-hydrogen) atoms. The molecule has 2 nitrogen and oxygen atoms in total. The largest absolute Gasteiger partial charge is 0.312 e. The minimum absolute atomic E-state index is 0.129. The summed E-state index contributed by atoms with van der Waals surface area (Å²) in [5.41, 5.74) is 4.44. The molecule has 1 aromatic rings. The minimum Gasteiger partial charge on any atom is -0.312 e. The molecule has 0 fully saturated rings. The molecule has 0 aromatic heterocycles. The molecule has 114 valence electrons. The molecular formula is C18H32N2. The van der Waals surface area contributed by atoms with Crippen LogP contribution in [0.5, 0.6) is 0 Å². The highest BCUT2D eigenvalue weighted by atomic mass is 15.2. The van der Waals surface area contributed by atoms with Crippen molar-refractivity contribution in [3.8, 4) is 0 Å². The SMILES string of the molecule is CCCNC(Cc1c(C)cccc1C)C(C)(C)N(C)C. The van der Waals surface area contributed by atoms with Crippen LogP contribution in [0.3, 0.4) is 0 Å². The molecular weight excluding hydrogens is 244 g/mol. The van der Waals surface area contributed by atoms with Crippen LogP contribution in [0, 0.1) is 13.8 Å². The van der Waals surface area contributed by atoms with Gasteiger partial charge in [0.1, 0.15) is 0 Å². The Morgan fingerprint density at radius 2 is 1.70 bits per heavy atom. The van der Waals surface area contributed by atoms with Crippen molar-refractivity contribution < 1.29 is 0 Å². The summed E-state index contributed by atoms with van der Waals surface area (Å²) in [4.78, 5) is 2.33. The Kier molecular flexibility index (Phi) is 6.22. The first-order chi connectivity index (χ1) is 9.30. The Morgan fingerprint density at radius 1 is 1.15 bits per heavy atom. The molecule has 0 saturated heterocycles. The maximum absolute atomic E-state index is 3.75. The van der Waals surface area contributed by atoms with Gasteiger partial charge in [-0.15, -0.1) is 0 Å². The van der Waals surface area contributed by atoms with E-state index >= 15 is 0 Å². The van der Waals surface area contributed by atoms with Gasteiger partial charge >= 0.3 is 0 Å². The van der Waals surface area contributed by atoms with Gasteiger partial charge in [0.25, 0.3) is 0 Å². The van der Waals surface area contributed by atoms with E-state index in [1.807, 2.05) is 0 Å². The normalized spacial score (nSPS) is 13.8. The number of nitrogens with one attached hydrogen (secondary N) is 1. The highest BCUT2D eigenvalue weighted by Crippen LogP contribution is 2.23. The van der Waals surface area contributed by atoms with Crippen LogP contribution >= 0.6 is 0 Å². The van der Waals surface area contributed by atoms with Gasteiger partial charge in [0.2, 0.25) is 0 Å². The van der Waals surface area contributed by atoms with E-state index in [9.17, 15) is 0 Å². The van der Waals surface area contributed by atoms with Crippen LogP contribution in [0.15, 0.2) is 18.2 Å². The molecule has 1 N–H and O–H groups in total. The van der Waals surface area contributed by atoms with Crippen molar-refractivity contribution in [2.24, 2.45) is 0 Å². The molecule has 1 unspecified atom stereocenters. The Hall–Kier alpha value is -0.860. The molecule has 0 bridgehead atoms. The maximum atomic E-state index is 3.75. The van der Waals surface area contributed by atoms with Crippen LogP contribution in [0.2, 0.25) is 0 Å². The lowest BCUT2D eigenvalue weighted by molar-refractivity contribution is 0.137. The second kappa shape index (κ2) is 7.24. The van der Waals surface area contributed by atoms with Gasteiger partial charge in [0.15, 0.2) is 0 Å². The Balaban J connectivity index is 3.01. The van der Waals surface area contributed by atoms with E-state index in [2.05, 4.69) is 77.1 Å². The van der Waals surface area contributed by atoms with E-state index in [1.54, 1.807) is 0 Å². The molecule has 2 heteroatoms. The molecule has 1 aromatic carbocycles. The first-order valence-electron chi connectivity index (χ1n) is 7.76. The number of likely N-dealkylation sites (N-methyl/N-ethyl adjacent to an activating group) is 1. The number of hydrogen-bond donors (Lipinski definition) is 1. The fraction of sp³-hybridized carbons (Fsp3) is 0.667. The second-order valence-corrected chi connectivity index (χ2v) is 6.63. The number of rotatable bonds is 7. The average Bonchev–Trinajstić information content (AvgIpc) is 2.37. The fourth-order valence-corrected chi connectivity index (χ4v) is 2.58. The van der Waals surface area contributed by atoms with Gasteiger partial charge in [-0.2, -0.15) is 0 Å². The molecule has 0 saturated carbocycles. The maximum Gasteiger partial charge on any atom is 0.0303 e. The fourth-order valence-electron chi connectivity index (χ4n) is 2.58. The van der Waals surface area contributed by atoms with E-state index in [-0.39, 0.29) is 5.54 Å². The summed E-state index contributed by atoms with van der Waals surface area (Å²) in [7, 11) is 4.34. The number of aryl methyl sites for hydroxylation is 2. The van der Waals surface area contributed by atoms with Crippen molar-refractivity contribution in [2.75, 3.05) is 20.6 Å². The smallest absolute Gasteiger partial charge is 0.0303 e. The molecule has 0 radical (unpaired) electrons. The summed E-state index contributed by atoms with van der Waals surface area (Å²) in [6, 6.07) is 7.06. The van der Waals surface area contributed by atoms with Gasteiger partial charge in [0, 0.05) is 11.6 Å². The summed E-state index contributed by atoms with van der Waals surface area (Å²) in [6.07, 6.45) is 2.26. The third kappa shape index (κ3) is 4.07. The van der Waals surface area contributed by atoms with Crippen LogP contribution in [0.1, 0.15) is 43.9 Å². The lowest BCUT2D eigenvalue weighted by Gasteiger charge is -2.41. The molecule has 0 aliphatic rings. The molecule has 0 amide bonds. The Bertz CT molecular complexity index is 401. The lowest BCUT2D eigenvalue weighted by atomic mass is 9.85. The summed E-state index contributed by atoms with van der Waals surface area (Å²) in [5.74, 6) is 0. The van der Waals surface area contributed by atoms with Gasteiger partial charge in [-0.1, -0.05) is 25.1 Å². The summed E-state index contributed by atoms with van der Waals surface area (Å²) in [6.45, 7) is 12.4. The van der Waals surface area contributed by atoms with Crippen molar-refractivity contribution in [2.45, 2.75) is 59.0 Å². The van der Waals surface area contributed by atoms with E-state index in [0.29, 0.717) is 6.04 Å². The number of nitrogens with zero attached hydrogens (tertiary/aromatic N) is 1. The van der Waals surface area contributed by atoms with Crippen molar-refractivity contribution in [3.05, 3.63) is 34.9 Å². The summed E-state index contributed by atoms with van der Waals surface area (Å²) in [5, 5.41) is 3.75. The highest BCUT2D eigenvalue weighted by Gasteiger charge is 2.31. The van der Waals surface area contributed by atoms with E-state index < -0.39 is 0 Å². The van der Waals surface area contributed by atoms with Crippen molar-refractivity contribution in [1.82, 2.24) is 10.2 Å². The molecule has 1 rings (SSSR count). The topological polar surface area (TPSA) is 15.3 Å². The molecule has 1 atom stereocenters. The van der Waals surface area contributed by atoms with Crippen LogP contribution in [0.25, 0.3) is 0 Å². The van der Waals surface area contributed by atoms with Crippen molar-refractivity contribution >= 4 is 0 Å². The van der Waals surface area contributed by atoms with Crippen LogP contribution in [-0.2, 0) is 6.42 Å². The van der Waals surface area contributed by atoms with Crippen LogP contribution < -0.4 is 5.32 Å². The summed E-state index contributed by atoms with van der Waals surface area (Å²) < 4.78 is 0. The molecule has 0 aliphatic carbocycles. The zero-order valence-corrected chi connectivity index (χ0v) is 14.4. The van der Waals surface area contributed by atoms with Crippen LogP contribution in [0.4, 0.5) is 0 Å². The highest BCUT2D eigenvalue weighted by molar-refractivity contribution is 5.34.